The van der Waals surface area contributed by atoms with Crippen molar-refractivity contribution in [2.24, 2.45) is 0 Å². The molecule has 174 valence electrons. The molecule has 3 fully saturated rings. The fraction of sp³-hybridized carbons (Fsp3) is 0.526. The molecule has 3 heterocycles. The number of urea groups is 1. The maximum Gasteiger partial charge on any atom is 0.325 e. The lowest BCUT2D eigenvalue weighted by atomic mass is 9.99. The van der Waals surface area contributed by atoms with Gasteiger partial charge in [-0.3, -0.25) is 14.5 Å². The molecular weight excluding hydrogens is 460 g/mol. The largest absolute Gasteiger partial charge is 0.495 e. The summed E-state index contributed by atoms with van der Waals surface area (Å²) in [5.74, 6) is 0.423. The summed E-state index contributed by atoms with van der Waals surface area (Å²) in [4.78, 5) is 38.6. The van der Waals surface area contributed by atoms with Gasteiger partial charge in [0.2, 0.25) is 15.9 Å². The molecule has 1 atom stereocenters. The highest BCUT2D eigenvalue weighted by atomic mass is 32.2. The summed E-state index contributed by atoms with van der Waals surface area (Å²) >= 11 is 1.57. The van der Waals surface area contributed by atoms with Crippen LogP contribution in [0.5, 0.6) is 5.75 Å². The Morgan fingerprint density at radius 2 is 2.06 bits per heavy atom. The molecule has 0 aromatic heterocycles. The third kappa shape index (κ3) is 4.17. The van der Waals surface area contributed by atoms with E-state index in [0.29, 0.717) is 25.4 Å². The van der Waals surface area contributed by atoms with Crippen LogP contribution in [0, 0.1) is 0 Å². The predicted octanol–water partition coefficient (Wildman–Crippen LogP) is 0.0821. The van der Waals surface area contributed by atoms with Gasteiger partial charge in [0.1, 0.15) is 17.8 Å². The summed E-state index contributed by atoms with van der Waals surface area (Å²) in [5.41, 5.74) is -0.809. The van der Waals surface area contributed by atoms with Gasteiger partial charge in [-0.25, -0.2) is 13.2 Å². The van der Waals surface area contributed by atoms with Crippen molar-refractivity contribution in [1.82, 2.24) is 14.5 Å². The number of benzene rings is 1. The summed E-state index contributed by atoms with van der Waals surface area (Å²) < 4.78 is 37.7. The van der Waals surface area contributed by atoms with Crippen LogP contribution >= 0.6 is 11.8 Å². The number of thioether (sulfide) groups is 1. The molecule has 3 saturated heterocycles. The quantitative estimate of drug-likeness (QED) is 0.543. The Hall–Kier alpha value is -2.35. The zero-order valence-electron chi connectivity index (χ0n) is 17.5. The minimum atomic E-state index is -3.78. The summed E-state index contributed by atoms with van der Waals surface area (Å²) in [6, 6.07) is 3.55. The maximum atomic E-state index is 12.9. The first-order valence-corrected chi connectivity index (χ1v) is 12.6. The number of ether oxygens (including phenoxy) is 2. The van der Waals surface area contributed by atoms with Crippen LogP contribution < -0.4 is 15.4 Å². The number of imide groups is 1. The second kappa shape index (κ2) is 8.89. The Kier molecular flexibility index (Phi) is 6.34. The molecule has 1 spiro atoms. The number of morpholine rings is 1. The molecule has 1 aromatic rings. The number of nitrogens with zero attached hydrogens (tertiary/aromatic N) is 2. The first kappa shape index (κ1) is 22.8. The number of carbonyl (C=O) groups is 3. The van der Waals surface area contributed by atoms with Crippen LogP contribution in [0.1, 0.15) is 6.42 Å². The SMILES string of the molecule is COc1ccc(S(=O)(=O)N2CCOCC2)cc1NC(=O)CN1C(=O)NC2(CCSC2)C1=O. The number of amides is 4. The third-order valence-corrected chi connectivity index (χ3v) is 8.71. The summed E-state index contributed by atoms with van der Waals surface area (Å²) in [5, 5.41) is 5.28. The van der Waals surface area contributed by atoms with Crippen molar-refractivity contribution in [2.75, 3.05) is 56.8 Å². The van der Waals surface area contributed by atoms with Crippen LogP contribution in [-0.2, 0) is 24.3 Å². The smallest absolute Gasteiger partial charge is 0.325 e. The Bertz CT molecular complexity index is 1030. The van der Waals surface area contributed by atoms with Crippen LogP contribution in [0.15, 0.2) is 23.1 Å². The van der Waals surface area contributed by atoms with Gasteiger partial charge in [-0.15, -0.1) is 0 Å². The van der Waals surface area contributed by atoms with Gasteiger partial charge in [0.05, 0.1) is 30.9 Å². The molecular formula is C19H24N4O7S2. The summed E-state index contributed by atoms with van der Waals surface area (Å²) in [6.45, 7) is 0.612. The topological polar surface area (TPSA) is 134 Å². The molecule has 4 amide bonds. The Morgan fingerprint density at radius 3 is 2.72 bits per heavy atom. The van der Waals surface area contributed by atoms with Crippen molar-refractivity contribution in [2.45, 2.75) is 16.9 Å². The lowest BCUT2D eigenvalue weighted by Gasteiger charge is -2.26. The molecule has 11 nitrogen and oxygen atoms in total. The third-order valence-electron chi connectivity index (χ3n) is 5.62. The molecule has 13 heteroatoms. The number of hydrogen-bond donors (Lipinski definition) is 2. The molecule has 32 heavy (non-hydrogen) atoms. The van der Waals surface area contributed by atoms with Gasteiger partial charge in [-0.2, -0.15) is 16.1 Å². The molecule has 1 aromatic carbocycles. The Morgan fingerprint density at radius 1 is 1.31 bits per heavy atom. The maximum absolute atomic E-state index is 12.9. The number of hydrogen-bond acceptors (Lipinski definition) is 8. The molecule has 0 radical (unpaired) electrons. The van der Waals surface area contributed by atoms with Gasteiger partial charge in [0, 0.05) is 18.8 Å². The highest BCUT2D eigenvalue weighted by molar-refractivity contribution is 7.99. The first-order chi connectivity index (χ1) is 15.3. The monoisotopic (exact) mass is 484 g/mol. The summed E-state index contributed by atoms with van der Waals surface area (Å²) in [7, 11) is -2.40. The number of sulfonamides is 1. The van der Waals surface area contributed by atoms with Gasteiger partial charge < -0.3 is 20.1 Å². The minimum Gasteiger partial charge on any atom is -0.495 e. The molecule has 0 aliphatic carbocycles. The van der Waals surface area contributed by atoms with Crippen molar-refractivity contribution in [1.29, 1.82) is 0 Å². The molecule has 3 aliphatic rings. The van der Waals surface area contributed by atoms with Crippen molar-refractivity contribution >= 4 is 45.3 Å². The molecule has 0 saturated carbocycles. The van der Waals surface area contributed by atoms with Crippen LogP contribution in [0.2, 0.25) is 0 Å². The van der Waals surface area contributed by atoms with Gasteiger partial charge in [0.15, 0.2) is 0 Å². The molecule has 2 N–H and O–H groups in total. The van der Waals surface area contributed by atoms with E-state index in [1.807, 2.05) is 0 Å². The number of carbonyl (C=O) groups excluding carboxylic acids is 3. The first-order valence-electron chi connectivity index (χ1n) is 10.0. The minimum absolute atomic E-state index is 0.00701. The zero-order chi connectivity index (χ0) is 22.9. The van der Waals surface area contributed by atoms with Crippen molar-refractivity contribution in [3.8, 4) is 5.75 Å². The van der Waals surface area contributed by atoms with E-state index in [-0.39, 0.29) is 29.4 Å². The molecule has 0 bridgehead atoms. The van der Waals surface area contributed by atoms with E-state index in [2.05, 4.69) is 10.6 Å². The van der Waals surface area contributed by atoms with Crippen LogP contribution in [0.4, 0.5) is 10.5 Å². The van der Waals surface area contributed by atoms with Gasteiger partial charge in [-0.05, 0) is 30.4 Å². The predicted molar refractivity (Wildman–Crippen MR) is 116 cm³/mol. The van der Waals surface area contributed by atoms with E-state index in [0.717, 1.165) is 10.7 Å². The molecule has 3 aliphatic heterocycles. The van der Waals surface area contributed by atoms with E-state index in [4.69, 9.17) is 9.47 Å². The second-order valence-corrected chi connectivity index (χ2v) is 10.7. The van der Waals surface area contributed by atoms with Crippen molar-refractivity contribution in [3.05, 3.63) is 18.2 Å². The lowest BCUT2D eigenvalue weighted by Crippen LogP contribution is -2.47. The normalized spacial score (nSPS) is 24.1. The number of methoxy groups -OCH3 is 1. The van der Waals surface area contributed by atoms with E-state index < -0.39 is 40.0 Å². The van der Waals surface area contributed by atoms with E-state index in [1.54, 1.807) is 11.8 Å². The van der Waals surface area contributed by atoms with Gasteiger partial charge in [0.25, 0.3) is 5.91 Å². The molecule has 4 rings (SSSR count). The average Bonchev–Trinajstić information content (AvgIpc) is 3.34. The Labute approximate surface area is 189 Å². The Balaban J connectivity index is 1.51. The average molecular weight is 485 g/mol. The van der Waals surface area contributed by atoms with E-state index in [1.165, 1.54) is 29.6 Å². The highest BCUT2D eigenvalue weighted by Gasteiger charge is 2.53. The van der Waals surface area contributed by atoms with Gasteiger partial charge in [-0.1, -0.05) is 0 Å². The lowest BCUT2D eigenvalue weighted by molar-refractivity contribution is -0.133. The fourth-order valence-electron chi connectivity index (χ4n) is 3.87. The standard InChI is InChI=1S/C19H24N4O7S2/c1-29-15-3-2-13(32(27,28)22-5-7-30-8-6-22)10-14(15)20-16(24)11-23-17(25)19(21-18(23)26)4-9-31-12-19/h2-3,10H,4-9,11-12H2,1H3,(H,20,24)(H,21,26). The van der Waals surface area contributed by atoms with Crippen LogP contribution in [0.25, 0.3) is 0 Å². The fourth-order valence-corrected chi connectivity index (χ4v) is 6.63. The number of nitrogens with one attached hydrogen (secondary N) is 2. The van der Waals surface area contributed by atoms with E-state index in [9.17, 15) is 22.8 Å². The van der Waals surface area contributed by atoms with Gasteiger partial charge >= 0.3 is 6.03 Å². The number of anilines is 1. The zero-order valence-corrected chi connectivity index (χ0v) is 19.1. The van der Waals surface area contributed by atoms with Crippen molar-refractivity contribution < 1.29 is 32.3 Å². The van der Waals surface area contributed by atoms with Crippen LogP contribution in [0.3, 0.4) is 0 Å². The number of rotatable bonds is 6. The summed E-state index contributed by atoms with van der Waals surface area (Å²) in [6.07, 6.45) is 0.523. The highest BCUT2D eigenvalue weighted by Crippen LogP contribution is 2.34. The van der Waals surface area contributed by atoms with Crippen LogP contribution in [-0.4, -0.2) is 92.5 Å². The second-order valence-electron chi connectivity index (χ2n) is 7.63. The van der Waals surface area contributed by atoms with E-state index >= 15 is 0 Å². The van der Waals surface area contributed by atoms with Crippen molar-refractivity contribution in [3.63, 3.8) is 0 Å². The molecule has 1 unspecified atom stereocenters.